The fourth-order valence-electron chi connectivity index (χ4n) is 3.91. The average Bonchev–Trinajstić information content (AvgIpc) is 2.79. The quantitative estimate of drug-likeness (QED) is 0.737. The van der Waals surface area contributed by atoms with Crippen molar-refractivity contribution in [1.82, 2.24) is 10.2 Å². The molecule has 5 heteroatoms. The summed E-state index contributed by atoms with van der Waals surface area (Å²) in [7, 11) is 1.68. The van der Waals surface area contributed by atoms with E-state index in [4.69, 9.17) is 4.74 Å². The number of methoxy groups -OCH3 is 1. The molecule has 1 amide bonds. The monoisotopic (exact) mass is 395 g/mol. The lowest BCUT2D eigenvalue weighted by molar-refractivity contribution is -0.126. The van der Waals surface area contributed by atoms with Crippen LogP contribution in [0.5, 0.6) is 5.75 Å². The summed E-state index contributed by atoms with van der Waals surface area (Å²) in [5, 5.41) is 3.28. The number of carbonyl (C=O) groups is 1. The van der Waals surface area contributed by atoms with Crippen LogP contribution in [-0.4, -0.2) is 50.1 Å². The lowest BCUT2D eigenvalue weighted by Crippen LogP contribution is -2.54. The Labute approximate surface area is 174 Å². The van der Waals surface area contributed by atoms with Crippen LogP contribution in [0.2, 0.25) is 0 Å². The van der Waals surface area contributed by atoms with Crippen molar-refractivity contribution in [2.75, 3.05) is 38.2 Å². The van der Waals surface area contributed by atoms with E-state index in [-0.39, 0.29) is 18.0 Å². The molecule has 2 aromatic carbocycles. The van der Waals surface area contributed by atoms with Crippen molar-refractivity contribution in [2.45, 2.75) is 38.8 Å². The maximum Gasteiger partial charge on any atom is 0.237 e. The highest BCUT2D eigenvalue weighted by Gasteiger charge is 2.27. The second kappa shape index (κ2) is 10.3. The molecule has 1 aliphatic heterocycles. The summed E-state index contributed by atoms with van der Waals surface area (Å²) in [6.45, 7) is 7.77. The zero-order valence-corrected chi connectivity index (χ0v) is 17.8. The molecule has 1 saturated heterocycles. The molecular weight excluding hydrogens is 362 g/mol. The van der Waals surface area contributed by atoms with Crippen molar-refractivity contribution in [3.63, 3.8) is 0 Å². The first-order valence-corrected chi connectivity index (χ1v) is 10.6. The number of carbonyl (C=O) groups excluding carboxylic acids is 1. The molecule has 1 fully saturated rings. The van der Waals surface area contributed by atoms with Crippen LogP contribution in [0.1, 0.15) is 38.3 Å². The number of hydrogen-bond donors (Lipinski definition) is 1. The van der Waals surface area contributed by atoms with Crippen molar-refractivity contribution in [3.05, 3.63) is 60.2 Å². The second-order valence-corrected chi connectivity index (χ2v) is 7.66. The molecule has 0 bridgehead atoms. The number of amides is 1. The Morgan fingerprint density at radius 2 is 1.69 bits per heavy atom. The van der Waals surface area contributed by atoms with Gasteiger partial charge in [0.25, 0.3) is 0 Å². The Hall–Kier alpha value is -2.53. The lowest BCUT2D eigenvalue weighted by Gasteiger charge is -2.39. The summed E-state index contributed by atoms with van der Waals surface area (Å²) in [5.74, 6) is 0.989. The summed E-state index contributed by atoms with van der Waals surface area (Å²) in [5.41, 5.74) is 2.38. The molecule has 0 aliphatic carbocycles. The molecule has 2 aromatic rings. The van der Waals surface area contributed by atoms with Gasteiger partial charge in [-0.2, -0.15) is 0 Å². The summed E-state index contributed by atoms with van der Waals surface area (Å²) >= 11 is 0. The third kappa shape index (κ3) is 5.51. The highest BCUT2D eigenvalue weighted by Crippen LogP contribution is 2.22. The predicted molar refractivity (Wildman–Crippen MR) is 118 cm³/mol. The molecule has 1 heterocycles. The van der Waals surface area contributed by atoms with Crippen LogP contribution in [0.15, 0.2) is 54.6 Å². The Kier molecular flexibility index (Phi) is 7.53. The third-order valence-electron chi connectivity index (χ3n) is 5.77. The normalized spacial score (nSPS) is 16.9. The van der Waals surface area contributed by atoms with Crippen molar-refractivity contribution < 1.29 is 9.53 Å². The van der Waals surface area contributed by atoms with Crippen molar-refractivity contribution in [2.24, 2.45) is 0 Å². The lowest BCUT2D eigenvalue weighted by atomic mass is 10.0. The Morgan fingerprint density at radius 3 is 2.28 bits per heavy atom. The molecule has 0 saturated carbocycles. The molecule has 2 atom stereocenters. The van der Waals surface area contributed by atoms with Gasteiger partial charge in [-0.05, 0) is 43.2 Å². The molecule has 29 heavy (non-hydrogen) atoms. The van der Waals surface area contributed by atoms with Crippen LogP contribution in [0, 0.1) is 0 Å². The number of nitrogens with zero attached hydrogens (tertiary/aromatic N) is 2. The van der Waals surface area contributed by atoms with Gasteiger partial charge in [-0.3, -0.25) is 9.69 Å². The van der Waals surface area contributed by atoms with Gasteiger partial charge >= 0.3 is 0 Å². The van der Waals surface area contributed by atoms with E-state index in [1.165, 1.54) is 11.3 Å². The SMILES string of the molecule is CCC[C@H](NC(=O)[C@@H](C)N1CCN(c2ccc(OC)cc2)CC1)c1ccccc1. The maximum absolute atomic E-state index is 12.9. The molecule has 0 radical (unpaired) electrons. The number of nitrogens with one attached hydrogen (secondary N) is 1. The van der Waals surface area contributed by atoms with Gasteiger partial charge in [-0.1, -0.05) is 43.7 Å². The zero-order valence-electron chi connectivity index (χ0n) is 17.8. The van der Waals surface area contributed by atoms with Gasteiger partial charge in [-0.25, -0.2) is 0 Å². The number of ether oxygens (including phenoxy) is 1. The molecule has 3 rings (SSSR count). The fourth-order valence-corrected chi connectivity index (χ4v) is 3.91. The van der Waals surface area contributed by atoms with Gasteiger partial charge in [0, 0.05) is 31.9 Å². The summed E-state index contributed by atoms with van der Waals surface area (Å²) in [4.78, 5) is 17.6. The molecule has 0 spiro atoms. The highest BCUT2D eigenvalue weighted by atomic mass is 16.5. The third-order valence-corrected chi connectivity index (χ3v) is 5.77. The smallest absolute Gasteiger partial charge is 0.237 e. The number of piperazine rings is 1. The van der Waals surface area contributed by atoms with Crippen molar-refractivity contribution in [1.29, 1.82) is 0 Å². The fraction of sp³-hybridized carbons (Fsp3) is 0.458. The van der Waals surface area contributed by atoms with Crippen LogP contribution in [0.3, 0.4) is 0 Å². The van der Waals surface area contributed by atoms with E-state index < -0.39 is 0 Å². The predicted octanol–water partition coefficient (Wildman–Crippen LogP) is 3.86. The van der Waals surface area contributed by atoms with Crippen molar-refractivity contribution in [3.8, 4) is 5.75 Å². The van der Waals surface area contributed by atoms with E-state index in [1.807, 2.05) is 37.3 Å². The molecule has 156 valence electrons. The minimum Gasteiger partial charge on any atom is -0.497 e. The van der Waals surface area contributed by atoms with Crippen LogP contribution in [-0.2, 0) is 4.79 Å². The summed E-state index contributed by atoms with van der Waals surface area (Å²) in [6.07, 6.45) is 1.99. The Morgan fingerprint density at radius 1 is 1.03 bits per heavy atom. The first-order valence-electron chi connectivity index (χ1n) is 10.6. The van der Waals surface area contributed by atoms with Gasteiger partial charge in [0.05, 0.1) is 19.2 Å². The highest BCUT2D eigenvalue weighted by molar-refractivity contribution is 5.81. The number of benzene rings is 2. The van der Waals surface area contributed by atoms with E-state index >= 15 is 0 Å². The number of hydrogen-bond acceptors (Lipinski definition) is 4. The summed E-state index contributed by atoms with van der Waals surface area (Å²) in [6, 6.07) is 18.4. The average molecular weight is 396 g/mol. The Balaban J connectivity index is 1.54. The summed E-state index contributed by atoms with van der Waals surface area (Å²) < 4.78 is 5.24. The molecule has 1 aliphatic rings. The number of anilines is 1. The van der Waals surface area contributed by atoms with E-state index in [0.29, 0.717) is 0 Å². The topological polar surface area (TPSA) is 44.8 Å². The van der Waals surface area contributed by atoms with E-state index in [1.54, 1.807) is 7.11 Å². The molecule has 0 unspecified atom stereocenters. The van der Waals surface area contributed by atoms with Gasteiger partial charge in [0.1, 0.15) is 5.75 Å². The minimum absolute atomic E-state index is 0.0803. The maximum atomic E-state index is 12.9. The minimum atomic E-state index is -0.129. The van der Waals surface area contributed by atoms with Crippen LogP contribution >= 0.6 is 0 Å². The van der Waals surface area contributed by atoms with Crippen LogP contribution < -0.4 is 15.0 Å². The van der Waals surface area contributed by atoms with E-state index in [2.05, 4.69) is 46.3 Å². The first kappa shape index (κ1) is 21.2. The molecule has 5 nitrogen and oxygen atoms in total. The van der Waals surface area contributed by atoms with Crippen LogP contribution in [0.4, 0.5) is 5.69 Å². The van der Waals surface area contributed by atoms with Crippen LogP contribution in [0.25, 0.3) is 0 Å². The zero-order chi connectivity index (χ0) is 20.6. The molecule has 1 N–H and O–H groups in total. The first-order chi connectivity index (χ1) is 14.1. The van der Waals surface area contributed by atoms with Gasteiger partial charge in [0.2, 0.25) is 5.91 Å². The van der Waals surface area contributed by atoms with Gasteiger partial charge in [-0.15, -0.1) is 0 Å². The number of rotatable bonds is 8. The van der Waals surface area contributed by atoms with E-state index in [0.717, 1.165) is 44.8 Å². The molecule has 0 aromatic heterocycles. The Bertz CT molecular complexity index is 755. The van der Waals surface area contributed by atoms with Crippen molar-refractivity contribution >= 4 is 11.6 Å². The molecular formula is C24H33N3O2. The second-order valence-electron chi connectivity index (χ2n) is 7.66. The standard InChI is InChI=1S/C24H33N3O2/c1-4-8-23(20-9-6-5-7-10-20)25-24(28)19(2)26-15-17-27(18-16-26)21-11-13-22(29-3)14-12-21/h5-7,9-14,19,23H,4,8,15-18H2,1-3H3,(H,25,28)/t19-,23+/m1/s1. The van der Waals surface area contributed by atoms with Gasteiger partial charge < -0.3 is 15.0 Å². The largest absolute Gasteiger partial charge is 0.497 e. The van der Waals surface area contributed by atoms with E-state index in [9.17, 15) is 4.79 Å². The van der Waals surface area contributed by atoms with Gasteiger partial charge in [0.15, 0.2) is 0 Å².